The van der Waals surface area contributed by atoms with Gasteiger partial charge in [0, 0.05) is 7.11 Å². The van der Waals surface area contributed by atoms with Gasteiger partial charge in [-0.05, 0) is 0 Å². The number of hydrogen-bond acceptors (Lipinski definition) is 25. The number of anilines is 2. The van der Waals surface area contributed by atoms with Crippen LogP contribution in [0.4, 0.5) is 11.9 Å². The molecule has 0 saturated carbocycles. The monoisotopic (exact) mass is 863 g/mol. The number of H-pyrrole nitrogens is 2. The Morgan fingerprint density at radius 1 is 0.764 bits per heavy atom. The van der Waals surface area contributed by atoms with E-state index in [1.54, 1.807) is 0 Å². The standard InChI is InChI=1S/C21H30N10O20P4/c1-45-52(37,38)13-7(49-19(12(13)34)31-5-25-9-15(31)27-21(23)29-17(9)36)3-47-54(41,42)51-55(43,44)50-53(39,40)46-2-6-10(32)11(33)18(48-6)30-4-24-8-14(30)26-20(22)28-16(8)35/h4-7,10-13,18-19,32-34H,2-3H2,1H3,(H,37,38)(H,39,40)(H,41,42)(H,43,44)(H3,22,26,28,35)(H3,23,27,29,36)/p-3/t6-,7-,10?,11?,12+,13?,18-,19-/m1/s1. The summed E-state index contributed by atoms with van der Waals surface area (Å²) in [5.74, 6) is -0.738. The van der Waals surface area contributed by atoms with Crippen molar-refractivity contribution in [3.8, 4) is 0 Å². The molecule has 55 heavy (non-hydrogen) atoms. The van der Waals surface area contributed by atoms with Crippen LogP contribution in [0.3, 0.4) is 0 Å². The van der Waals surface area contributed by atoms with Crippen LogP contribution in [0.15, 0.2) is 22.2 Å². The normalized spacial score (nSPS) is 30.3. The highest BCUT2D eigenvalue weighted by atomic mass is 31.3. The zero-order valence-corrected chi connectivity index (χ0v) is 30.7. The van der Waals surface area contributed by atoms with Gasteiger partial charge in [0.1, 0.15) is 36.2 Å². The van der Waals surface area contributed by atoms with E-state index in [9.17, 15) is 62.7 Å². The fraction of sp³-hybridized carbons (Fsp3) is 0.524. The molecule has 0 spiro atoms. The minimum Gasteiger partial charge on any atom is -0.756 e. The maximum atomic E-state index is 12.8. The van der Waals surface area contributed by atoms with E-state index in [-0.39, 0.29) is 28.3 Å². The van der Waals surface area contributed by atoms with E-state index >= 15 is 0 Å². The van der Waals surface area contributed by atoms with Gasteiger partial charge >= 0.3 is 7.60 Å². The smallest absolute Gasteiger partial charge is 0.336 e. The molecule has 0 aromatic carbocycles. The van der Waals surface area contributed by atoms with E-state index in [4.69, 9.17) is 20.9 Å². The molecule has 0 aliphatic carbocycles. The van der Waals surface area contributed by atoms with Gasteiger partial charge in [0.2, 0.25) is 11.9 Å². The summed E-state index contributed by atoms with van der Waals surface area (Å²) in [5.41, 5.74) is 6.48. The highest BCUT2D eigenvalue weighted by Gasteiger charge is 2.55. The number of nitrogens with two attached hydrogens (primary N) is 2. The van der Waals surface area contributed by atoms with Gasteiger partial charge in [-0.2, -0.15) is 9.97 Å². The van der Waals surface area contributed by atoms with Crippen molar-refractivity contribution < 1.29 is 84.8 Å². The summed E-state index contributed by atoms with van der Waals surface area (Å²) in [6, 6.07) is 0. The first-order chi connectivity index (χ1) is 25.5. The minimum atomic E-state index is -6.48. The molecule has 2 aliphatic heterocycles. The molecular formula is C21H27N10O20P4-3. The fourth-order valence-corrected chi connectivity index (χ4v) is 10.3. The Morgan fingerprint density at radius 3 is 1.67 bits per heavy atom. The lowest BCUT2D eigenvalue weighted by Crippen LogP contribution is -2.35. The highest BCUT2D eigenvalue weighted by molar-refractivity contribution is 7.65. The number of aromatic nitrogens is 8. The molecule has 0 radical (unpaired) electrons. The fourth-order valence-electron chi connectivity index (χ4n) is 5.61. The lowest BCUT2D eigenvalue weighted by molar-refractivity contribution is -0.252. The van der Waals surface area contributed by atoms with Crippen molar-refractivity contribution in [3.63, 3.8) is 0 Å². The summed E-state index contributed by atoms with van der Waals surface area (Å²) >= 11 is 0. The Kier molecular flexibility index (Phi) is 11.2. The number of nitrogens with one attached hydrogen (secondary N) is 2. The van der Waals surface area contributed by atoms with Crippen LogP contribution in [0.2, 0.25) is 0 Å². The van der Waals surface area contributed by atoms with E-state index in [1.807, 2.05) is 0 Å². The number of nitrogens with zero attached hydrogens (tertiary/aromatic N) is 6. The van der Waals surface area contributed by atoms with E-state index in [2.05, 4.69) is 52.1 Å². The van der Waals surface area contributed by atoms with Crippen molar-refractivity contribution in [1.82, 2.24) is 39.0 Å². The molecule has 6 heterocycles. The first-order valence-corrected chi connectivity index (χ1v) is 20.9. The van der Waals surface area contributed by atoms with Crippen LogP contribution >= 0.6 is 31.1 Å². The van der Waals surface area contributed by atoms with E-state index < -0.39 is 110 Å². The van der Waals surface area contributed by atoms with Gasteiger partial charge in [-0.15, -0.1) is 0 Å². The van der Waals surface area contributed by atoms with Crippen molar-refractivity contribution in [2.75, 3.05) is 31.8 Å². The molecule has 30 nitrogen and oxygen atoms in total. The molecule has 12 atom stereocenters. The third-order valence-corrected chi connectivity index (χ3v) is 14.0. The van der Waals surface area contributed by atoms with Crippen LogP contribution in [0.1, 0.15) is 12.5 Å². The number of hydrogen-bond donors (Lipinski definition) is 8. The summed E-state index contributed by atoms with van der Waals surface area (Å²) in [6.45, 7) is -2.61. The second-order valence-electron chi connectivity index (χ2n) is 11.5. The van der Waals surface area contributed by atoms with Gasteiger partial charge in [0.25, 0.3) is 34.6 Å². The Bertz CT molecular complexity index is 2420. The van der Waals surface area contributed by atoms with Crippen LogP contribution in [0, 0.1) is 0 Å². The number of phosphoric ester groups is 2. The zero-order valence-electron chi connectivity index (χ0n) is 27.1. The van der Waals surface area contributed by atoms with Crippen LogP contribution in [-0.4, -0.2) is 116 Å². The molecule has 4 aromatic rings. The maximum Gasteiger partial charge on any atom is 0.336 e. The van der Waals surface area contributed by atoms with Crippen molar-refractivity contribution in [3.05, 3.63) is 33.4 Å². The Labute approximate surface area is 302 Å². The third kappa shape index (κ3) is 8.38. The Hall–Kier alpha value is -3.34. The molecule has 304 valence electrons. The molecule has 7 unspecified atom stereocenters. The van der Waals surface area contributed by atoms with Gasteiger partial charge in [-0.3, -0.25) is 47.0 Å². The first kappa shape index (κ1) is 41.3. The molecule has 0 bridgehead atoms. The van der Waals surface area contributed by atoms with E-state index in [0.29, 0.717) is 0 Å². The van der Waals surface area contributed by atoms with Crippen molar-refractivity contribution in [2.45, 2.75) is 48.6 Å². The predicted molar refractivity (Wildman–Crippen MR) is 168 cm³/mol. The maximum absolute atomic E-state index is 12.8. The summed E-state index contributed by atoms with van der Waals surface area (Å²) in [6.07, 6.45) is -10.8. The molecule has 34 heteroatoms. The quantitative estimate of drug-likeness (QED) is 0.0550. The second kappa shape index (κ2) is 14.9. The topological polar surface area (TPSA) is 462 Å². The lowest BCUT2D eigenvalue weighted by atomic mass is 10.1. The van der Waals surface area contributed by atoms with Crippen LogP contribution < -0.4 is 37.3 Å². The van der Waals surface area contributed by atoms with Crippen LogP contribution in [-0.2, 0) is 49.9 Å². The summed E-state index contributed by atoms with van der Waals surface area (Å²) < 4.78 is 83.9. The lowest BCUT2D eigenvalue weighted by Gasteiger charge is -2.35. The molecule has 0 amide bonds. The minimum absolute atomic E-state index is 0.201. The summed E-state index contributed by atoms with van der Waals surface area (Å²) in [7, 11) is -22.9. The number of aliphatic hydroxyl groups excluding tert-OH is 3. The Morgan fingerprint density at radius 2 is 1.20 bits per heavy atom. The van der Waals surface area contributed by atoms with E-state index in [0.717, 1.165) is 28.9 Å². The molecular weight excluding hydrogens is 836 g/mol. The number of aromatic amines is 2. The number of ether oxygens (including phenoxy) is 2. The van der Waals surface area contributed by atoms with Gasteiger partial charge in [-0.25, -0.2) is 18.6 Å². The SMILES string of the molecule is COP(=O)(O)C1[C@@H](COP(=O)([O-])OP(=O)([O-])OP(=O)([O-])OC[C@H]2O[C@@H](n3cnc4c(=O)[nH]c(N)nc43)C(O)C2O)O[C@@H](n2cnc3c(=O)[nH]c(N)nc32)[C@H]1O. The van der Waals surface area contributed by atoms with E-state index in [1.165, 1.54) is 0 Å². The molecule has 2 saturated heterocycles. The van der Waals surface area contributed by atoms with Crippen LogP contribution in [0.25, 0.3) is 22.3 Å². The number of fused-ring (bicyclic) bond motifs is 2. The summed E-state index contributed by atoms with van der Waals surface area (Å²) in [4.78, 5) is 91.6. The average molecular weight is 863 g/mol. The van der Waals surface area contributed by atoms with Gasteiger partial charge in [0.15, 0.2) is 34.8 Å². The predicted octanol–water partition coefficient (Wildman–Crippen LogP) is -5.03. The summed E-state index contributed by atoms with van der Waals surface area (Å²) in [5, 5.41) is 31.9. The third-order valence-electron chi connectivity index (χ3n) is 7.96. The molecule has 6 rings (SSSR count). The molecule has 2 aliphatic rings. The number of rotatable bonds is 14. The second-order valence-corrected chi connectivity index (χ2v) is 18.1. The van der Waals surface area contributed by atoms with Crippen molar-refractivity contribution in [1.29, 1.82) is 0 Å². The zero-order chi connectivity index (χ0) is 40.4. The van der Waals surface area contributed by atoms with Gasteiger partial charge < -0.3 is 69.4 Å². The number of aliphatic hydroxyl groups is 3. The van der Waals surface area contributed by atoms with Gasteiger partial charge in [0.05, 0.1) is 25.9 Å². The molecule has 10 N–H and O–H groups in total. The average Bonchev–Trinajstić information content (AvgIpc) is 3.82. The first-order valence-electron chi connectivity index (χ1n) is 14.9. The number of nitrogen functional groups attached to an aromatic ring is 2. The number of phosphoric acid groups is 3. The van der Waals surface area contributed by atoms with Crippen molar-refractivity contribution in [2.24, 2.45) is 0 Å². The molecule has 4 aromatic heterocycles. The molecule has 2 fully saturated rings. The van der Waals surface area contributed by atoms with Crippen molar-refractivity contribution >= 4 is 65.3 Å². The van der Waals surface area contributed by atoms with Gasteiger partial charge in [-0.1, -0.05) is 0 Å². The Balaban J connectivity index is 1.09. The number of imidazole rings is 2. The highest BCUT2D eigenvalue weighted by Crippen LogP contribution is 2.63. The largest absolute Gasteiger partial charge is 0.756 e. The van der Waals surface area contributed by atoms with Crippen LogP contribution in [0.5, 0.6) is 0 Å².